The maximum absolute atomic E-state index is 16.2. The van der Waals surface area contributed by atoms with Crippen LogP contribution in [0, 0.1) is 25.7 Å². The van der Waals surface area contributed by atoms with Gasteiger partial charge in [-0.1, -0.05) is 234 Å². The summed E-state index contributed by atoms with van der Waals surface area (Å²) in [5, 5.41) is 0. The molecule has 646 valence electrons. The van der Waals surface area contributed by atoms with Crippen LogP contribution < -0.4 is 11.1 Å². The number of aromatic nitrogens is 2. The van der Waals surface area contributed by atoms with Gasteiger partial charge in [0.05, 0.1) is 0 Å². The zero-order valence-corrected chi connectivity index (χ0v) is 82.6. The molecular weight excluding hydrogens is 1650 g/mol. The monoisotopic (exact) mass is 1830 g/mol. The van der Waals surface area contributed by atoms with Crippen molar-refractivity contribution in [1.82, 2.24) is 9.13 Å². The summed E-state index contributed by atoms with van der Waals surface area (Å²) in [5.74, 6) is 2.68. The van der Waals surface area contributed by atoms with E-state index in [9.17, 15) is 0 Å². The van der Waals surface area contributed by atoms with Crippen LogP contribution in [0.1, 0.15) is 519 Å². The van der Waals surface area contributed by atoms with E-state index in [-0.39, 0.29) is 54.6 Å². The van der Waals surface area contributed by atoms with Gasteiger partial charge >= 0.3 is 500 Å². The molecule has 6 aromatic rings. The fourth-order valence-electron chi connectivity index (χ4n) is 19.4. The van der Waals surface area contributed by atoms with Gasteiger partial charge in [0, 0.05) is 0 Å². The molecule has 0 saturated heterocycles. The van der Waals surface area contributed by atoms with Crippen LogP contribution in [0.25, 0.3) is 39.9 Å². The molecular formula is C106H176N2O2Se4. The fraction of sp³-hybridized carbons (Fsp3) is 0.774. The summed E-state index contributed by atoms with van der Waals surface area (Å²) in [7, 11) is 0. The normalized spacial score (nSPS) is 14.1. The second-order valence-electron chi connectivity index (χ2n) is 36.7. The molecule has 4 unspecified atom stereocenters. The van der Waals surface area contributed by atoms with Gasteiger partial charge in [-0.3, -0.25) is 0 Å². The van der Waals surface area contributed by atoms with Crippen LogP contribution in [0.5, 0.6) is 0 Å². The first-order chi connectivity index (χ1) is 56.1. The van der Waals surface area contributed by atoms with Crippen LogP contribution in [0.2, 0.25) is 0 Å². The van der Waals surface area contributed by atoms with Gasteiger partial charge in [-0.05, 0) is 0 Å². The molecule has 0 bridgehead atoms. The Morgan fingerprint density at radius 3 is 0.860 bits per heavy atom. The molecule has 0 spiro atoms. The Morgan fingerprint density at radius 2 is 0.535 bits per heavy atom. The topological polar surface area (TPSA) is 44.0 Å². The average molecular weight is 1830 g/mol. The zero-order valence-electron chi connectivity index (χ0n) is 75.8. The number of aryl methyl sites for hydroxylation is 4. The Bertz CT molecular complexity index is 3410. The molecule has 1 aliphatic carbocycles. The molecule has 1 aliphatic rings. The number of nitrogens with zero attached hydrogens (tertiary/aromatic N) is 2. The summed E-state index contributed by atoms with van der Waals surface area (Å²) in [6, 6.07) is 19.4. The quantitative estimate of drug-likeness (QED) is 0.0282. The van der Waals surface area contributed by atoms with E-state index in [1.807, 2.05) is 8.87 Å². The van der Waals surface area contributed by atoms with Crippen LogP contribution in [0.3, 0.4) is 0 Å². The van der Waals surface area contributed by atoms with Gasteiger partial charge in [0.25, 0.3) is 0 Å². The van der Waals surface area contributed by atoms with E-state index in [4.69, 9.17) is 0 Å². The zero-order chi connectivity index (χ0) is 80.7. The second-order valence-corrected chi connectivity index (χ2v) is 46.7. The first kappa shape index (κ1) is 99.3. The van der Waals surface area contributed by atoms with E-state index >= 15 is 9.59 Å². The summed E-state index contributed by atoms with van der Waals surface area (Å²) in [4.78, 5) is 32.0. The van der Waals surface area contributed by atoms with Crippen LogP contribution in [0.4, 0.5) is 0 Å². The van der Waals surface area contributed by atoms with Gasteiger partial charge < -0.3 is 0 Å². The van der Waals surface area contributed by atoms with Crippen molar-refractivity contribution in [3.05, 3.63) is 98.1 Å². The van der Waals surface area contributed by atoms with Crippen molar-refractivity contribution >= 4 is 69.0 Å². The minimum absolute atomic E-state index is 0.0113. The molecule has 114 heavy (non-hydrogen) atoms. The van der Waals surface area contributed by atoms with Gasteiger partial charge in [0.1, 0.15) is 0 Å². The van der Waals surface area contributed by atoms with Crippen molar-refractivity contribution in [2.75, 3.05) is 0 Å². The molecule has 6 aromatic heterocycles. The summed E-state index contributed by atoms with van der Waals surface area (Å²) < 4.78 is 16.7. The minimum atomic E-state index is -0.0113. The van der Waals surface area contributed by atoms with Crippen LogP contribution in [-0.4, -0.2) is 67.1 Å². The molecule has 0 aliphatic heterocycles. The Balaban J connectivity index is 1.20. The smallest absolute Gasteiger partial charge is 0.0654 e. The van der Waals surface area contributed by atoms with E-state index in [0.717, 1.165) is 59.7 Å². The van der Waals surface area contributed by atoms with Crippen molar-refractivity contribution in [2.24, 2.45) is 11.8 Å². The second kappa shape index (κ2) is 63.1. The van der Waals surface area contributed by atoms with E-state index in [0.29, 0.717) is 39.4 Å². The summed E-state index contributed by atoms with van der Waals surface area (Å²) in [6.45, 7) is 20.1. The molecule has 4 nitrogen and oxygen atoms in total. The third-order valence-corrected chi connectivity index (χ3v) is 37.1. The fourth-order valence-corrected chi connectivity index (χ4v) is 29.4. The first-order valence-corrected chi connectivity index (χ1v) is 57.2. The molecule has 8 heteroatoms. The van der Waals surface area contributed by atoms with Gasteiger partial charge in [-0.25, -0.2) is 0 Å². The van der Waals surface area contributed by atoms with E-state index in [2.05, 4.69) is 113 Å². The third-order valence-electron chi connectivity index (χ3n) is 26.6. The van der Waals surface area contributed by atoms with Crippen LogP contribution in [0.15, 0.2) is 58.1 Å². The van der Waals surface area contributed by atoms with Gasteiger partial charge in [0.2, 0.25) is 0 Å². The molecule has 6 heterocycles. The number of unbranched alkanes of at least 4 members (excludes halogenated alkanes) is 52. The molecule has 0 saturated carbocycles. The van der Waals surface area contributed by atoms with Crippen molar-refractivity contribution in [2.45, 2.75) is 517 Å². The van der Waals surface area contributed by atoms with Crippen LogP contribution >= 0.6 is 0 Å². The van der Waals surface area contributed by atoms with E-state index < -0.39 is 0 Å². The molecule has 0 radical (unpaired) electrons. The van der Waals surface area contributed by atoms with Crippen molar-refractivity contribution in [3.8, 4) is 28.9 Å². The third kappa shape index (κ3) is 37.9. The van der Waals surface area contributed by atoms with E-state index in [1.165, 1.54) is 429 Å². The predicted octanol–water partition coefficient (Wildman–Crippen LogP) is 33.5. The number of fused-ring (bicyclic) bond motifs is 3. The van der Waals surface area contributed by atoms with Crippen molar-refractivity contribution in [3.63, 3.8) is 0 Å². The Labute approximate surface area is 727 Å². The van der Waals surface area contributed by atoms with E-state index in [1.54, 1.807) is 20.0 Å². The number of hydrogen-bond acceptors (Lipinski definition) is 2. The molecule has 0 aromatic carbocycles. The molecule has 0 N–H and O–H groups in total. The average Bonchev–Trinajstić information content (AvgIpc) is 1.46. The summed E-state index contributed by atoms with van der Waals surface area (Å²) in [6.07, 6.45) is 92.7. The maximum atomic E-state index is 16.2. The van der Waals surface area contributed by atoms with Crippen LogP contribution in [-0.2, 0) is 13.1 Å². The molecule has 0 amide bonds. The first-order valence-electron chi connectivity index (χ1n) is 50.4. The predicted molar refractivity (Wildman–Crippen MR) is 511 cm³/mol. The van der Waals surface area contributed by atoms with Gasteiger partial charge in [-0.15, -0.1) is 0 Å². The van der Waals surface area contributed by atoms with Crippen molar-refractivity contribution < 1.29 is 0 Å². The Kier molecular flexibility index (Phi) is 55.0. The van der Waals surface area contributed by atoms with Crippen molar-refractivity contribution in [1.29, 1.82) is 0 Å². The Hall–Kier alpha value is -1.84. The minimum Gasteiger partial charge on any atom is -0.0654 e. The molecule has 4 atom stereocenters. The Morgan fingerprint density at radius 1 is 0.263 bits per heavy atom. The number of rotatable bonds is 75. The summed E-state index contributed by atoms with van der Waals surface area (Å²) in [5.41, 5.74) is 7.57. The summed E-state index contributed by atoms with van der Waals surface area (Å²) >= 11 is 0.808. The van der Waals surface area contributed by atoms with Gasteiger partial charge in [-0.2, -0.15) is 0 Å². The van der Waals surface area contributed by atoms with Gasteiger partial charge in [0.15, 0.2) is 0 Å². The molecule has 7 rings (SSSR count). The SMILES string of the molecule is CCCCCCCCCCCCC(CCCCCCCCCC)CCCCn1c(=O)c(-c2ccc(C)[se]2)cc2c1cc(-c1ccc(-c3cc4c([se]3)C(CCCCCCCCCCCC)c3cc(C)[se]c3C4CCCCCCCCCCCC)[se]1)c(=O)n2CCCCC(CCCCCCCCCC)CCCCCCCCCCCC. The molecule has 0 fully saturated rings. The number of pyridine rings is 2. The number of hydrogen-bond donors (Lipinski definition) is 0. The standard InChI is InChI=1S/C106H176N2O2Se4/c1-9-15-21-27-33-39-43-49-55-61-71-89(69-59-53-47-37-31-25-19-13-5)73-65-67-81-107-98-85-96(106(110)108(97(98)84-95(105(107)109)99-78-77-87(7)111-99)82-68-66-74-90(70-60-54-48-38-32-26-20-14-6)72-62-56-50-44-40-34-28-22-16-10-2)100-79-80-101(113-100)102-86-94-92(76-64-58-52-46-42-36-30-24-18-12-4)103-93(83-88(8)112-103)91(104(94)114-102)75-63-57-51-45-41-35-29-23-17-11-3/h77-80,83-86,89-92H,9-76,81-82H2,1-8H3.